The molecule has 2 rings (SSSR count). The van der Waals surface area contributed by atoms with E-state index < -0.39 is 0 Å². The van der Waals surface area contributed by atoms with E-state index in [0.717, 1.165) is 37.6 Å². The van der Waals surface area contributed by atoms with Gasteiger partial charge < -0.3 is 20.1 Å². The van der Waals surface area contributed by atoms with Gasteiger partial charge in [0.2, 0.25) is 0 Å². The zero-order chi connectivity index (χ0) is 12.1. The molecule has 1 aromatic rings. The van der Waals surface area contributed by atoms with Gasteiger partial charge in [0.05, 0.1) is 18.9 Å². The van der Waals surface area contributed by atoms with Crippen LogP contribution in [-0.2, 0) is 4.74 Å². The van der Waals surface area contributed by atoms with Crippen LogP contribution in [-0.4, -0.2) is 39.5 Å². The molecule has 1 unspecified atom stereocenters. The third kappa shape index (κ3) is 3.11. The lowest BCUT2D eigenvalue weighted by molar-refractivity contribution is 0.181. The van der Waals surface area contributed by atoms with Crippen LogP contribution < -0.4 is 15.4 Å². The molecule has 17 heavy (non-hydrogen) atoms. The lowest BCUT2D eigenvalue weighted by atomic mass is 10.2. The number of fused-ring (bicyclic) bond motifs is 1. The molecule has 1 aliphatic heterocycles. The summed E-state index contributed by atoms with van der Waals surface area (Å²) in [6.07, 6.45) is 1.02. The number of nitrogens with two attached hydrogens (primary N) is 1. The average molecular weight is 236 g/mol. The SMILES string of the molecule is COCC(N)CN1CCCOc2ccccc21. The van der Waals surface area contributed by atoms with Gasteiger partial charge in [-0.1, -0.05) is 12.1 Å². The molecule has 1 aliphatic rings. The molecule has 1 atom stereocenters. The molecule has 94 valence electrons. The van der Waals surface area contributed by atoms with Gasteiger partial charge >= 0.3 is 0 Å². The first-order chi connectivity index (χ1) is 8.31. The Labute approximate surface area is 102 Å². The van der Waals surface area contributed by atoms with E-state index in [4.69, 9.17) is 15.2 Å². The van der Waals surface area contributed by atoms with Crippen molar-refractivity contribution in [3.05, 3.63) is 24.3 Å². The van der Waals surface area contributed by atoms with E-state index in [0.29, 0.717) is 6.61 Å². The number of hydrogen-bond donors (Lipinski definition) is 1. The lowest BCUT2D eigenvalue weighted by Gasteiger charge is -2.26. The van der Waals surface area contributed by atoms with Crippen molar-refractivity contribution < 1.29 is 9.47 Å². The Morgan fingerprint density at radius 2 is 2.29 bits per heavy atom. The Balaban J connectivity index is 2.11. The van der Waals surface area contributed by atoms with Crippen molar-refractivity contribution in [3.63, 3.8) is 0 Å². The van der Waals surface area contributed by atoms with Crippen molar-refractivity contribution in [1.82, 2.24) is 0 Å². The summed E-state index contributed by atoms with van der Waals surface area (Å²) in [5, 5.41) is 0. The maximum absolute atomic E-state index is 6.02. The van der Waals surface area contributed by atoms with Gasteiger partial charge in [0.15, 0.2) is 0 Å². The van der Waals surface area contributed by atoms with Crippen LogP contribution in [0, 0.1) is 0 Å². The van der Waals surface area contributed by atoms with Gasteiger partial charge in [-0.25, -0.2) is 0 Å². The second-order valence-corrected chi connectivity index (χ2v) is 4.33. The van der Waals surface area contributed by atoms with Gasteiger partial charge in [0.25, 0.3) is 0 Å². The minimum absolute atomic E-state index is 0.0335. The zero-order valence-corrected chi connectivity index (χ0v) is 10.3. The minimum atomic E-state index is 0.0335. The van der Waals surface area contributed by atoms with Crippen molar-refractivity contribution in [2.24, 2.45) is 5.73 Å². The van der Waals surface area contributed by atoms with Crippen molar-refractivity contribution in [1.29, 1.82) is 0 Å². The third-order valence-electron chi connectivity index (χ3n) is 2.87. The van der Waals surface area contributed by atoms with E-state index in [-0.39, 0.29) is 6.04 Å². The Hall–Kier alpha value is -1.26. The Morgan fingerprint density at radius 1 is 1.47 bits per heavy atom. The summed E-state index contributed by atoms with van der Waals surface area (Å²) in [6.45, 7) is 3.13. The number of methoxy groups -OCH3 is 1. The zero-order valence-electron chi connectivity index (χ0n) is 10.3. The first kappa shape index (κ1) is 12.2. The summed E-state index contributed by atoms with van der Waals surface area (Å²) >= 11 is 0. The molecule has 4 heteroatoms. The van der Waals surface area contributed by atoms with Crippen LogP contribution >= 0.6 is 0 Å². The molecule has 1 aromatic carbocycles. The number of anilines is 1. The molecule has 0 spiro atoms. The highest BCUT2D eigenvalue weighted by Gasteiger charge is 2.17. The number of benzene rings is 1. The molecular formula is C13H20N2O2. The second-order valence-electron chi connectivity index (χ2n) is 4.33. The van der Waals surface area contributed by atoms with Crippen LogP contribution in [0.2, 0.25) is 0 Å². The molecule has 2 N–H and O–H groups in total. The molecular weight excluding hydrogens is 216 g/mol. The van der Waals surface area contributed by atoms with Gasteiger partial charge in [-0.15, -0.1) is 0 Å². The van der Waals surface area contributed by atoms with Crippen molar-refractivity contribution in [2.45, 2.75) is 12.5 Å². The highest BCUT2D eigenvalue weighted by atomic mass is 16.5. The summed E-state index contributed by atoms with van der Waals surface area (Å²) in [7, 11) is 1.68. The number of ether oxygens (including phenoxy) is 2. The summed E-state index contributed by atoms with van der Waals surface area (Å²) in [6, 6.07) is 8.15. The molecule has 0 aromatic heterocycles. The van der Waals surface area contributed by atoms with E-state index in [9.17, 15) is 0 Å². The fourth-order valence-electron chi connectivity index (χ4n) is 2.14. The van der Waals surface area contributed by atoms with Crippen LogP contribution in [0.1, 0.15) is 6.42 Å². The smallest absolute Gasteiger partial charge is 0.142 e. The largest absolute Gasteiger partial charge is 0.491 e. The lowest BCUT2D eigenvalue weighted by Crippen LogP contribution is -2.40. The van der Waals surface area contributed by atoms with Crippen molar-refractivity contribution >= 4 is 5.69 Å². The van der Waals surface area contributed by atoms with Crippen LogP contribution in [0.4, 0.5) is 5.69 Å². The summed E-state index contributed by atoms with van der Waals surface area (Å²) in [4.78, 5) is 2.28. The quantitative estimate of drug-likeness (QED) is 0.854. The summed E-state index contributed by atoms with van der Waals surface area (Å²) in [5.41, 5.74) is 7.15. The van der Waals surface area contributed by atoms with E-state index in [2.05, 4.69) is 11.0 Å². The van der Waals surface area contributed by atoms with Gasteiger partial charge in [0.1, 0.15) is 5.75 Å². The fourth-order valence-corrected chi connectivity index (χ4v) is 2.14. The monoisotopic (exact) mass is 236 g/mol. The van der Waals surface area contributed by atoms with Crippen LogP contribution in [0.5, 0.6) is 5.75 Å². The topological polar surface area (TPSA) is 47.7 Å². The Bertz CT molecular complexity index is 357. The van der Waals surface area contributed by atoms with Gasteiger partial charge in [-0.3, -0.25) is 0 Å². The average Bonchev–Trinajstić information content (AvgIpc) is 2.53. The molecule has 0 saturated heterocycles. The maximum Gasteiger partial charge on any atom is 0.142 e. The second kappa shape index (κ2) is 5.89. The summed E-state index contributed by atoms with van der Waals surface area (Å²) < 4.78 is 10.8. The van der Waals surface area contributed by atoms with E-state index >= 15 is 0 Å². The minimum Gasteiger partial charge on any atom is -0.491 e. The third-order valence-corrected chi connectivity index (χ3v) is 2.87. The maximum atomic E-state index is 6.02. The first-order valence-electron chi connectivity index (χ1n) is 6.02. The van der Waals surface area contributed by atoms with Crippen LogP contribution in [0.3, 0.4) is 0 Å². The number of hydrogen-bond acceptors (Lipinski definition) is 4. The normalized spacial score (nSPS) is 16.9. The molecule has 0 amide bonds. The number of para-hydroxylation sites is 2. The molecule has 0 fully saturated rings. The number of nitrogens with zero attached hydrogens (tertiary/aromatic N) is 1. The van der Waals surface area contributed by atoms with E-state index in [1.807, 2.05) is 18.2 Å². The van der Waals surface area contributed by atoms with Gasteiger partial charge in [-0.05, 0) is 18.6 Å². The first-order valence-corrected chi connectivity index (χ1v) is 6.02. The Kier molecular flexibility index (Phi) is 4.23. The van der Waals surface area contributed by atoms with Crippen molar-refractivity contribution in [3.8, 4) is 5.75 Å². The van der Waals surface area contributed by atoms with Gasteiger partial charge in [0, 0.05) is 26.2 Å². The summed E-state index contributed by atoms with van der Waals surface area (Å²) in [5.74, 6) is 0.953. The Morgan fingerprint density at radius 3 is 3.12 bits per heavy atom. The van der Waals surface area contributed by atoms with Crippen LogP contribution in [0.25, 0.3) is 0 Å². The van der Waals surface area contributed by atoms with E-state index in [1.165, 1.54) is 0 Å². The fraction of sp³-hybridized carbons (Fsp3) is 0.538. The molecule has 1 heterocycles. The molecule has 0 saturated carbocycles. The van der Waals surface area contributed by atoms with Crippen molar-refractivity contribution in [2.75, 3.05) is 38.3 Å². The number of rotatable bonds is 4. The highest BCUT2D eigenvalue weighted by molar-refractivity contribution is 5.59. The molecule has 0 radical (unpaired) electrons. The predicted octanol–water partition coefficient (Wildman–Crippen LogP) is 1.25. The van der Waals surface area contributed by atoms with Gasteiger partial charge in [-0.2, -0.15) is 0 Å². The molecule has 4 nitrogen and oxygen atoms in total. The standard InChI is InChI=1S/C13H20N2O2/c1-16-10-11(14)9-15-7-4-8-17-13-6-3-2-5-12(13)15/h2-3,5-6,11H,4,7-10,14H2,1H3. The molecule has 0 aliphatic carbocycles. The molecule has 0 bridgehead atoms. The van der Waals surface area contributed by atoms with Crippen LogP contribution in [0.15, 0.2) is 24.3 Å². The predicted molar refractivity (Wildman–Crippen MR) is 68.6 cm³/mol. The highest BCUT2D eigenvalue weighted by Crippen LogP contribution is 2.30. The van der Waals surface area contributed by atoms with E-state index in [1.54, 1.807) is 7.11 Å².